The van der Waals surface area contributed by atoms with Gasteiger partial charge in [-0.3, -0.25) is 4.90 Å². The molecule has 0 bridgehead atoms. The number of nitrogens with zero attached hydrogens (tertiary/aromatic N) is 3. The van der Waals surface area contributed by atoms with Gasteiger partial charge in [0.1, 0.15) is 0 Å². The summed E-state index contributed by atoms with van der Waals surface area (Å²) < 4.78 is 2.48. The first-order chi connectivity index (χ1) is 17.2. The molecule has 1 unspecified atom stereocenters. The highest BCUT2D eigenvalue weighted by molar-refractivity contribution is 6.00. The lowest BCUT2D eigenvalue weighted by atomic mass is 9.81. The van der Waals surface area contributed by atoms with Gasteiger partial charge in [-0.05, 0) is 74.4 Å². The molecule has 0 amide bonds. The van der Waals surface area contributed by atoms with E-state index in [2.05, 4.69) is 38.6 Å². The standard InChI is InChI=1S/C30H35N3O2/c34-30(35)21-11-12-22-26(19-21)33-18-17-32-16-13-25(31-14-4-5-15-31)23-9-6-10-24(28(23)32)29(33)27(22)20-7-2-1-3-8-20/h6,9-12,19-20,25H,1-5,7-8,13-18H2,(H,34,35). The summed E-state index contributed by atoms with van der Waals surface area (Å²) in [5.41, 5.74) is 8.68. The minimum Gasteiger partial charge on any atom is -0.478 e. The van der Waals surface area contributed by atoms with Crippen molar-refractivity contribution in [1.29, 1.82) is 0 Å². The monoisotopic (exact) mass is 469 g/mol. The Morgan fingerprint density at radius 2 is 1.69 bits per heavy atom. The third-order valence-electron chi connectivity index (χ3n) is 9.21. The first-order valence-electron chi connectivity index (χ1n) is 13.7. The molecule has 2 fully saturated rings. The van der Waals surface area contributed by atoms with Crippen molar-refractivity contribution in [3.63, 3.8) is 0 Å². The lowest BCUT2D eigenvalue weighted by Gasteiger charge is -2.40. The first-order valence-corrected chi connectivity index (χ1v) is 13.7. The van der Waals surface area contributed by atoms with E-state index in [0.717, 1.165) is 25.2 Å². The fourth-order valence-electron chi connectivity index (χ4n) is 7.63. The fraction of sp³-hybridized carbons (Fsp3) is 0.500. The average molecular weight is 470 g/mol. The van der Waals surface area contributed by atoms with E-state index in [9.17, 15) is 9.90 Å². The van der Waals surface area contributed by atoms with Gasteiger partial charge in [-0.15, -0.1) is 0 Å². The topological polar surface area (TPSA) is 48.7 Å². The molecule has 0 spiro atoms. The van der Waals surface area contributed by atoms with Gasteiger partial charge in [-0.2, -0.15) is 0 Å². The van der Waals surface area contributed by atoms with E-state index >= 15 is 0 Å². The van der Waals surface area contributed by atoms with Gasteiger partial charge < -0.3 is 14.6 Å². The molecule has 1 saturated carbocycles. The molecule has 1 aliphatic carbocycles. The molecule has 1 saturated heterocycles. The third-order valence-corrected chi connectivity index (χ3v) is 9.21. The van der Waals surface area contributed by atoms with Crippen LogP contribution in [-0.2, 0) is 6.54 Å². The maximum absolute atomic E-state index is 11.9. The normalized spacial score (nSPS) is 22.7. The summed E-state index contributed by atoms with van der Waals surface area (Å²) in [6, 6.07) is 13.4. The van der Waals surface area contributed by atoms with Gasteiger partial charge in [0.05, 0.1) is 16.9 Å². The number of aromatic carboxylic acids is 1. The predicted molar refractivity (Wildman–Crippen MR) is 141 cm³/mol. The molecule has 4 heterocycles. The molecule has 1 N–H and O–H groups in total. The molecule has 2 aromatic carbocycles. The van der Waals surface area contributed by atoms with E-state index in [1.165, 1.54) is 97.9 Å². The number of hydrogen-bond donors (Lipinski definition) is 1. The fourth-order valence-corrected chi connectivity index (χ4v) is 7.63. The van der Waals surface area contributed by atoms with E-state index in [-0.39, 0.29) is 0 Å². The number of hydrogen-bond acceptors (Lipinski definition) is 3. The van der Waals surface area contributed by atoms with Gasteiger partial charge in [-0.25, -0.2) is 4.79 Å². The molecule has 4 aliphatic rings. The van der Waals surface area contributed by atoms with Crippen molar-refractivity contribution in [3.05, 3.63) is 53.1 Å². The smallest absolute Gasteiger partial charge is 0.335 e. The number of benzene rings is 2. The predicted octanol–water partition coefficient (Wildman–Crippen LogP) is 6.41. The second-order valence-electron chi connectivity index (χ2n) is 11.1. The number of rotatable bonds is 3. The molecule has 3 aliphatic heterocycles. The minimum absolute atomic E-state index is 0.390. The van der Waals surface area contributed by atoms with E-state index in [4.69, 9.17) is 0 Å². The lowest BCUT2D eigenvalue weighted by Crippen LogP contribution is -2.38. The van der Waals surface area contributed by atoms with Crippen molar-refractivity contribution >= 4 is 22.6 Å². The van der Waals surface area contributed by atoms with E-state index in [0.29, 0.717) is 17.5 Å². The van der Waals surface area contributed by atoms with Gasteiger partial charge in [0.25, 0.3) is 0 Å². The van der Waals surface area contributed by atoms with Gasteiger partial charge in [0, 0.05) is 42.1 Å². The molecule has 1 atom stereocenters. The molecule has 0 radical (unpaired) electrons. The summed E-state index contributed by atoms with van der Waals surface area (Å²) in [7, 11) is 0. The number of carboxylic acids is 1. The molecule has 3 aromatic rings. The number of carbonyl (C=O) groups is 1. The Morgan fingerprint density at radius 3 is 2.49 bits per heavy atom. The Kier molecular flexibility index (Phi) is 5.16. The van der Waals surface area contributed by atoms with Crippen LogP contribution in [0, 0.1) is 0 Å². The van der Waals surface area contributed by atoms with Gasteiger partial charge in [-0.1, -0.05) is 43.5 Å². The number of anilines is 1. The zero-order valence-electron chi connectivity index (χ0n) is 20.5. The summed E-state index contributed by atoms with van der Waals surface area (Å²) in [5.74, 6) is -0.287. The first kappa shape index (κ1) is 21.5. The maximum atomic E-state index is 11.9. The number of aromatic nitrogens is 1. The van der Waals surface area contributed by atoms with Gasteiger partial charge in [0.2, 0.25) is 0 Å². The van der Waals surface area contributed by atoms with Crippen LogP contribution in [0.25, 0.3) is 22.2 Å². The molecular weight excluding hydrogens is 434 g/mol. The van der Waals surface area contributed by atoms with Crippen molar-refractivity contribution in [2.75, 3.05) is 31.1 Å². The Balaban J connectivity index is 1.48. The molecule has 35 heavy (non-hydrogen) atoms. The number of fused-ring (bicyclic) bond motifs is 4. The Hall–Kier alpha value is -2.79. The van der Waals surface area contributed by atoms with Crippen LogP contribution in [-0.4, -0.2) is 46.7 Å². The van der Waals surface area contributed by atoms with Crippen LogP contribution in [0.2, 0.25) is 0 Å². The highest BCUT2D eigenvalue weighted by atomic mass is 16.4. The molecular formula is C30H35N3O2. The summed E-state index contributed by atoms with van der Waals surface area (Å²) in [5, 5.41) is 11.0. The van der Waals surface area contributed by atoms with E-state index < -0.39 is 5.97 Å². The van der Waals surface area contributed by atoms with Crippen LogP contribution in [0.1, 0.15) is 84.8 Å². The highest BCUT2D eigenvalue weighted by Crippen LogP contribution is 2.51. The molecule has 5 heteroatoms. The van der Waals surface area contributed by atoms with Crippen LogP contribution in [0.15, 0.2) is 36.4 Å². The third kappa shape index (κ3) is 3.35. The van der Waals surface area contributed by atoms with E-state index in [1.54, 1.807) is 0 Å². The average Bonchev–Trinajstić information content (AvgIpc) is 3.50. The zero-order chi connectivity index (χ0) is 23.5. The van der Waals surface area contributed by atoms with Crippen molar-refractivity contribution in [2.45, 2.75) is 69.9 Å². The largest absolute Gasteiger partial charge is 0.478 e. The highest BCUT2D eigenvalue weighted by Gasteiger charge is 2.36. The summed E-state index contributed by atoms with van der Waals surface area (Å²) in [6.45, 7) is 5.44. The second-order valence-corrected chi connectivity index (χ2v) is 11.1. The molecule has 5 nitrogen and oxygen atoms in total. The quantitative estimate of drug-likeness (QED) is 0.481. The zero-order valence-corrected chi connectivity index (χ0v) is 20.5. The summed E-state index contributed by atoms with van der Waals surface area (Å²) in [4.78, 5) is 17.2. The second kappa shape index (κ2) is 8.41. The van der Waals surface area contributed by atoms with Crippen molar-refractivity contribution in [2.24, 2.45) is 0 Å². The van der Waals surface area contributed by atoms with Crippen molar-refractivity contribution in [1.82, 2.24) is 9.47 Å². The summed E-state index contributed by atoms with van der Waals surface area (Å²) >= 11 is 0. The number of carboxylic acid groups (broad SMARTS) is 1. The lowest BCUT2D eigenvalue weighted by molar-refractivity contribution is 0.0697. The van der Waals surface area contributed by atoms with Gasteiger partial charge >= 0.3 is 5.97 Å². The van der Waals surface area contributed by atoms with Crippen LogP contribution in [0.5, 0.6) is 0 Å². The Bertz CT molecular complexity index is 1300. The molecule has 7 rings (SSSR count). The Morgan fingerprint density at radius 1 is 0.857 bits per heavy atom. The summed E-state index contributed by atoms with van der Waals surface area (Å²) in [6.07, 6.45) is 10.2. The van der Waals surface area contributed by atoms with Gasteiger partial charge in [0.15, 0.2) is 0 Å². The molecule has 1 aromatic heterocycles. The molecule has 182 valence electrons. The SMILES string of the molecule is O=C(O)c1ccc2c(C3CCCCC3)c3n(c2c1)CCN1CCC(N2CCCC2)c2cccc-3c21. The van der Waals surface area contributed by atoms with Crippen molar-refractivity contribution < 1.29 is 9.90 Å². The van der Waals surface area contributed by atoms with E-state index in [1.807, 2.05) is 12.1 Å². The van der Waals surface area contributed by atoms with Crippen LogP contribution in [0.4, 0.5) is 5.69 Å². The Labute approximate surface area is 207 Å². The van der Waals surface area contributed by atoms with Crippen LogP contribution < -0.4 is 4.90 Å². The maximum Gasteiger partial charge on any atom is 0.335 e. The van der Waals surface area contributed by atoms with Crippen LogP contribution >= 0.6 is 0 Å². The minimum atomic E-state index is -0.842. The number of likely N-dealkylation sites (tertiary alicyclic amines) is 1. The van der Waals surface area contributed by atoms with Crippen molar-refractivity contribution in [3.8, 4) is 11.3 Å². The van der Waals surface area contributed by atoms with Crippen LogP contribution in [0.3, 0.4) is 0 Å². The number of para-hydroxylation sites is 1.